The molecule has 2 rings (SSSR count). The molecular weight excluding hydrogens is 352 g/mol. The molecule has 0 fully saturated rings. The Morgan fingerprint density at radius 3 is 1.64 bits per heavy atom. The van der Waals surface area contributed by atoms with E-state index in [1.54, 1.807) is 27.5 Å². The monoisotopic (exact) mass is 396 g/mol. The van der Waals surface area contributed by atoms with E-state index in [0.29, 0.717) is 0 Å². The van der Waals surface area contributed by atoms with Gasteiger partial charge in [-0.25, -0.2) is 0 Å². The van der Waals surface area contributed by atoms with E-state index in [-0.39, 0.29) is 5.04 Å². The summed E-state index contributed by atoms with van der Waals surface area (Å²) in [6, 6.07) is 10.5. The molecule has 0 bridgehead atoms. The van der Waals surface area contributed by atoms with Crippen LogP contribution in [0.15, 0.2) is 41.0 Å². The summed E-state index contributed by atoms with van der Waals surface area (Å²) in [5, 5.41) is 1.99. The Bertz CT molecular complexity index is 706. The molecule has 1 atom stereocenters. The number of hydrogen-bond donors (Lipinski definition) is 0. The Balaban J connectivity index is 2.79. The van der Waals surface area contributed by atoms with E-state index in [1.807, 2.05) is 0 Å². The molecule has 0 amide bonds. The predicted octanol–water partition coefficient (Wildman–Crippen LogP) is 8.12. The highest BCUT2D eigenvalue weighted by Crippen LogP contribution is 2.56. The fourth-order valence-electron chi connectivity index (χ4n) is 5.47. The molecule has 1 aromatic carbocycles. The van der Waals surface area contributed by atoms with E-state index in [4.69, 9.17) is 0 Å². The molecule has 0 spiro atoms. The van der Waals surface area contributed by atoms with Crippen molar-refractivity contribution in [1.29, 1.82) is 0 Å². The van der Waals surface area contributed by atoms with Gasteiger partial charge in [0.15, 0.2) is 0 Å². The Morgan fingerprint density at radius 1 is 0.786 bits per heavy atom. The average molecular weight is 397 g/mol. The van der Waals surface area contributed by atoms with Crippen molar-refractivity contribution in [3.05, 3.63) is 52.1 Å². The third kappa shape index (κ3) is 4.11. The first-order valence-corrected chi connectivity index (χ1v) is 14.2. The summed E-state index contributed by atoms with van der Waals surface area (Å²) in [5.41, 5.74) is 7.81. The zero-order chi connectivity index (χ0) is 20.9. The second-order valence-corrected chi connectivity index (χ2v) is 14.1. The summed E-state index contributed by atoms with van der Waals surface area (Å²) < 4.78 is 0. The lowest BCUT2D eigenvalue weighted by Gasteiger charge is -2.47. The van der Waals surface area contributed by atoms with Crippen molar-refractivity contribution in [2.75, 3.05) is 0 Å². The molecule has 0 saturated carbocycles. The minimum atomic E-state index is -1.78. The highest BCUT2D eigenvalue weighted by Gasteiger charge is 2.52. The third-order valence-electron chi connectivity index (χ3n) is 7.77. The van der Waals surface area contributed by atoms with E-state index >= 15 is 0 Å². The number of hydrogen-bond acceptors (Lipinski definition) is 0. The summed E-state index contributed by atoms with van der Waals surface area (Å²) in [7, 11) is -1.78. The quantitative estimate of drug-likeness (QED) is 0.350. The first kappa shape index (κ1) is 23.2. The van der Waals surface area contributed by atoms with Crippen LogP contribution in [0.25, 0.3) is 0 Å². The molecule has 0 aliphatic heterocycles. The third-order valence-corrected chi connectivity index (χ3v) is 14.1. The first-order valence-electron chi connectivity index (χ1n) is 11.8. The first-order chi connectivity index (χ1) is 13.3. The largest absolute Gasteiger partial charge is 0.101 e. The molecule has 0 N–H and O–H groups in total. The Labute approximate surface area is 176 Å². The minimum absolute atomic E-state index is 0.253. The molecule has 0 heterocycles. The summed E-state index contributed by atoms with van der Waals surface area (Å²) in [4.78, 5) is 0. The highest BCUT2D eigenvalue weighted by molar-refractivity contribution is 6.95. The molecule has 1 heteroatoms. The van der Waals surface area contributed by atoms with Gasteiger partial charge in [-0.3, -0.25) is 0 Å². The molecule has 156 valence electrons. The zero-order valence-electron chi connectivity index (χ0n) is 20.0. The SMILES string of the molecule is CCCC[Si](CCCC)(c1cc(CC)cc(CC)c1)C1(C)C=C(C)C(C)=C1C. The summed E-state index contributed by atoms with van der Waals surface area (Å²) in [6.07, 6.45) is 10.3. The van der Waals surface area contributed by atoms with E-state index in [2.05, 4.69) is 79.7 Å². The van der Waals surface area contributed by atoms with Gasteiger partial charge in [0.1, 0.15) is 8.07 Å². The van der Waals surface area contributed by atoms with Gasteiger partial charge in [-0.15, -0.1) is 0 Å². The van der Waals surface area contributed by atoms with Gasteiger partial charge >= 0.3 is 0 Å². The van der Waals surface area contributed by atoms with Crippen molar-refractivity contribution in [1.82, 2.24) is 0 Å². The fourth-order valence-corrected chi connectivity index (χ4v) is 12.2. The Hall–Kier alpha value is -1.08. The second kappa shape index (κ2) is 9.61. The summed E-state index contributed by atoms with van der Waals surface area (Å²) in [5.74, 6) is 0. The molecule has 1 aliphatic carbocycles. The number of benzene rings is 1. The molecule has 0 nitrogen and oxygen atoms in total. The molecule has 0 saturated heterocycles. The lowest BCUT2D eigenvalue weighted by Crippen LogP contribution is -2.56. The Kier molecular flexibility index (Phi) is 7.96. The van der Waals surface area contributed by atoms with Gasteiger partial charge in [0.2, 0.25) is 0 Å². The fraction of sp³-hybridized carbons (Fsp3) is 0.630. The van der Waals surface area contributed by atoms with Crippen LogP contribution in [0.3, 0.4) is 0 Å². The standard InChI is InChI=1S/C27H44Si/c1-9-13-15-28(16-14-10-2,27(8)20-21(5)22(6)23(27)7)26-18-24(11-3)17-25(12-4)19-26/h17-20H,9-16H2,1-8H3. The maximum Gasteiger partial charge on any atom is 0.101 e. The van der Waals surface area contributed by atoms with E-state index in [0.717, 1.165) is 12.8 Å². The van der Waals surface area contributed by atoms with Gasteiger partial charge in [0, 0.05) is 5.04 Å². The van der Waals surface area contributed by atoms with Crippen molar-refractivity contribution in [2.45, 2.75) is 111 Å². The number of allylic oxidation sites excluding steroid dienone is 4. The lowest BCUT2D eigenvalue weighted by atomic mass is 10.0. The molecule has 28 heavy (non-hydrogen) atoms. The number of aryl methyl sites for hydroxylation is 2. The molecule has 0 aromatic heterocycles. The Morgan fingerprint density at radius 2 is 1.29 bits per heavy atom. The van der Waals surface area contributed by atoms with Crippen LogP contribution in [0.1, 0.15) is 92.2 Å². The van der Waals surface area contributed by atoms with Crippen molar-refractivity contribution < 1.29 is 0 Å². The van der Waals surface area contributed by atoms with E-state index in [1.165, 1.54) is 43.3 Å². The van der Waals surface area contributed by atoms with E-state index in [9.17, 15) is 0 Å². The van der Waals surface area contributed by atoms with Crippen LogP contribution in [0.2, 0.25) is 17.1 Å². The topological polar surface area (TPSA) is 0 Å². The summed E-state index contributed by atoms with van der Waals surface area (Å²) >= 11 is 0. The number of rotatable bonds is 10. The van der Waals surface area contributed by atoms with Gasteiger partial charge in [0.05, 0.1) is 0 Å². The van der Waals surface area contributed by atoms with Crippen molar-refractivity contribution in [2.24, 2.45) is 0 Å². The molecule has 1 aliphatic rings. The van der Waals surface area contributed by atoms with Crippen LogP contribution in [0, 0.1) is 0 Å². The van der Waals surface area contributed by atoms with Crippen molar-refractivity contribution in [3.8, 4) is 0 Å². The molecule has 0 radical (unpaired) electrons. The summed E-state index contributed by atoms with van der Waals surface area (Å²) in [6.45, 7) is 19.1. The van der Waals surface area contributed by atoms with Crippen LogP contribution in [0.5, 0.6) is 0 Å². The molecule has 1 unspecified atom stereocenters. The van der Waals surface area contributed by atoms with Crippen molar-refractivity contribution in [3.63, 3.8) is 0 Å². The van der Waals surface area contributed by atoms with Gasteiger partial charge < -0.3 is 0 Å². The van der Waals surface area contributed by atoms with Gasteiger partial charge in [-0.05, 0) is 50.3 Å². The number of unbranched alkanes of at least 4 members (excludes halogenated alkanes) is 2. The predicted molar refractivity (Wildman–Crippen MR) is 131 cm³/mol. The van der Waals surface area contributed by atoms with Crippen LogP contribution in [-0.4, -0.2) is 8.07 Å². The second-order valence-electron chi connectivity index (χ2n) is 9.31. The smallest absolute Gasteiger partial charge is 0.0737 e. The maximum absolute atomic E-state index is 2.68. The molecular formula is C27H44Si. The average Bonchev–Trinajstić information content (AvgIpc) is 2.91. The normalized spacial score (nSPS) is 20.1. The van der Waals surface area contributed by atoms with Crippen LogP contribution >= 0.6 is 0 Å². The maximum atomic E-state index is 2.68. The van der Waals surface area contributed by atoms with Crippen LogP contribution < -0.4 is 5.19 Å². The minimum Gasteiger partial charge on any atom is -0.0737 e. The van der Waals surface area contributed by atoms with Gasteiger partial charge in [-0.2, -0.15) is 0 Å². The molecule has 1 aromatic rings. The van der Waals surface area contributed by atoms with Gasteiger partial charge in [-0.1, -0.05) is 113 Å². The zero-order valence-corrected chi connectivity index (χ0v) is 21.0. The van der Waals surface area contributed by atoms with Crippen molar-refractivity contribution >= 4 is 13.3 Å². The van der Waals surface area contributed by atoms with Crippen LogP contribution in [-0.2, 0) is 12.8 Å². The van der Waals surface area contributed by atoms with Gasteiger partial charge in [0.25, 0.3) is 0 Å². The lowest BCUT2D eigenvalue weighted by molar-refractivity contribution is 0.763. The van der Waals surface area contributed by atoms with Crippen LogP contribution in [0.4, 0.5) is 0 Å². The highest BCUT2D eigenvalue weighted by atomic mass is 28.3. The van der Waals surface area contributed by atoms with E-state index < -0.39 is 8.07 Å².